The number of rotatable bonds is 1. The number of fused-ring (bicyclic) bond motifs is 1. The minimum Gasteiger partial charge on any atom is -0.0827 e. The lowest BCUT2D eigenvalue weighted by atomic mass is 9.82. The van der Waals surface area contributed by atoms with Crippen LogP contribution in [-0.4, -0.2) is 0 Å². The lowest BCUT2D eigenvalue weighted by Crippen LogP contribution is -2.05. The van der Waals surface area contributed by atoms with Crippen LogP contribution in [0.25, 0.3) is 6.08 Å². The fourth-order valence-electron chi connectivity index (χ4n) is 2.24. The molecule has 0 fully saturated rings. The van der Waals surface area contributed by atoms with E-state index >= 15 is 0 Å². The lowest BCUT2D eigenvalue weighted by molar-refractivity contribution is 1.05. The van der Waals surface area contributed by atoms with E-state index in [-0.39, 0.29) is 0 Å². The summed E-state index contributed by atoms with van der Waals surface area (Å²) in [4.78, 5) is 0. The first-order valence-corrected chi connectivity index (χ1v) is 5.62. The van der Waals surface area contributed by atoms with Gasteiger partial charge in [0.15, 0.2) is 0 Å². The molecule has 0 spiro atoms. The van der Waals surface area contributed by atoms with Gasteiger partial charge in [-0.15, -0.1) is 0 Å². The molecule has 0 heteroatoms. The molecule has 0 nitrogen and oxygen atoms in total. The van der Waals surface area contributed by atoms with Gasteiger partial charge in [0.1, 0.15) is 0 Å². The average molecular weight is 205 g/mol. The van der Waals surface area contributed by atoms with Gasteiger partial charge in [-0.2, -0.15) is 0 Å². The van der Waals surface area contributed by atoms with Gasteiger partial charge in [-0.25, -0.2) is 0 Å². The Hall–Kier alpha value is -1.82. The Morgan fingerprint density at radius 2 is 1.50 bits per heavy atom. The highest BCUT2D eigenvalue weighted by Crippen LogP contribution is 2.33. The van der Waals surface area contributed by atoms with Gasteiger partial charge in [0.05, 0.1) is 0 Å². The van der Waals surface area contributed by atoms with E-state index in [2.05, 4.69) is 66.7 Å². The summed E-state index contributed by atoms with van der Waals surface area (Å²) in [7, 11) is 0. The first-order chi connectivity index (χ1) is 7.95. The molecule has 0 amide bonds. The Balaban J connectivity index is 2.09. The molecule has 1 aliphatic carbocycles. The molecule has 2 aromatic carbocycles. The highest BCUT2D eigenvalue weighted by atomic mass is 14.2. The van der Waals surface area contributed by atoms with Crippen LogP contribution in [0.5, 0.6) is 0 Å². The van der Waals surface area contributed by atoms with Crippen molar-refractivity contribution in [2.75, 3.05) is 0 Å². The van der Waals surface area contributed by atoms with Gasteiger partial charge < -0.3 is 0 Å². The Bertz CT molecular complexity index is 509. The molecule has 0 saturated heterocycles. The lowest BCUT2D eigenvalue weighted by Gasteiger charge is -2.21. The molecule has 0 aliphatic heterocycles. The van der Waals surface area contributed by atoms with Crippen molar-refractivity contribution >= 4 is 6.08 Å². The van der Waals surface area contributed by atoms with Crippen molar-refractivity contribution < 1.29 is 0 Å². The molecule has 1 radical (unpaired) electrons. The van der Waals surface area contributed by atoms with E-state index in [1.165, 1.54) is 22.6 Å². The second-order valence-corrected chi connectivity index (χ2v) is 4.04. The van der Waals surface area contributed by atoms with E-state index in [0.29, 0.717) is 0 Å². The largest absolute Gasteiger partial charge is 0.0827 e. The summed E-state index contributed by atoms with van der Waals surface area (Å²) in [6.07, 6.45) is 5.48. The number of benzene rings is 2. The van der Waals surface area contributed by atoms with Gasteiger partial charge in [-0.1, -0.05) is 66.7 Å². The predicted molar refractivity (Wildman–Crippen MR) is 68.0 cm³/mol. The molecule has 0 heterocycles. The molecule has 0 unspecified atom stereocenters. The van der Waals surface area contributed by atoms with Gasteiger partial charge in [-0.05, 0) is 23.1 Å². The fraction of sp³-hybridized carbons (Fsp3) is 0.0625. The molecular formula is C16H13. The number of hydrogen-bond donors (Lipinski definition) is 0. The van der Waals surface area contributed by atoms with Crippen LogP contribution in [0, 0.1) is 5.92 Å². The summed E-state index contributed by atoms with van der Waals surface area (Å²) in [5, 5.41) is 0. The van der Waals surface area contributed by atoms with Crippen molar-refractivity contribution in [2.24, 2.45) is 0 Å². The summed E-state index contributed by atoms with van der Waals surface area (Å²) in [5.41, 5.74) is 4.03. The van der Waals surface area contributed by atoms with Gasteiger partial charge in [-0.3, -0.25) is 0 Å². The Labute approximate surface area is 96.3 Å². The van der Waals surface area contributed by atoms with Crippen molar-refractivity contribution in [3.8, 4) is 0 Å². The van der Waals surface area contributed by atoms with Crippen LogP contribution in [0.2, 0.25) is 0 Å². The summed E-state index contributed by atoms with van der Waals surface area (Å²) in [5.74, 6) is 1.43. The van der Waals surface area contributed by atoms with Crippen LogP contribution in [-0.2, 0) is 0 Å². The molecule has 0 N–H and O–H groups in total. The van der Waals surface area contributed by atoms with E-state index in [1.54, 1.807) is 0 Å². The molecule has 0 saturated carbocycles. The highest BCUT2D eigenvalue weighted by Gasteiger charge is 2.18. The van der Waals surface area contributed by atoms with Gasteiger partial charge >= 0.3 is 0 Å². The normalized spacial score (nSPS) is 14.8. The third-order valence-corrected chi connectivity index (χ3v) is 3.03. The average Bonchev–Trinajstić information content (AvgIpc) is 2.39. The van der Waals surface area contributed by atoms with Crippen LogP contribution < -0.4 is 0 Å². The van der Waals surface area contributed by atoms with Gasteiger partial charge in [0.25, 0.3) is 0 Å². The maximum absolute atomic E-state index is 2.24. The minimum absolute atomic E-state index is 1.03. The third-order valence-electron chi connectivity index (χ3n) is 3.03. The second kappa shape index (κ2) is 3.97. The van der Waals surface area contributed by atoms with Crippen molar-refractivity contribution in [3.63, 3.8) is 0 Å². The summed E-state index contributed by atoms with van der Waals surface area (Å²) >= 11 is 0. The van der Waals surface area contributed by atoms with Gasteiger partial charge in [0, 0.05) is 5.92 Å². The quantitative estimate of drug-likeness (QED) is 0.658. The van der Waals surface area contributed by atoms with E-state index in [1.807, 2.05) is 0 Å². The number of hydrogen-bond acceptors (Lipinski definition) is 0. The summed E-state index contributed by atoms with van der Waals surface area (Å²) in [6.45, 7) is 0. The van der Waals surface area contributed by atoms with Crippen molar-refractivity contribution in [2.45, 2.75) is 6.42 Å². The predicted octanol–water partition coefficient (Wildman–Crippen LogP) is 4.07. The second-order valence-electron chi connectivity index (χ2n) is 4.04. The Morgan fingerprint density at radius 3 is 2.38 bits per heavy atom. The van der Waals surface area contributed by atoms with E-state index in [0.717, 1.165) is 6.42 Å². The molecule has 77 valence electrons. The maximum Gasteiger partial charge on any atom is 0.0383 e. The molecule has 16 heavy (non-hydrogen) atoms. The standard InChI is InChI=1S/C16H13/c1-2-7-13(8-3-1)16-12-6-10-14-9-4-5-11-15(14)16/h1-11H,12H2. The first-order valence-electron chi connectivity index (χ1n) is 5.62. The molecule has 3 rings (SSSR count). The highest BCUT2D eigenvalue weighted by molar-refractivity contribution is 5.65. The topological polar surface area (TPSA) is 0 Å². The van der Waals surface area contributed by atoms with Crippen molar-refractivity contribution in [3.05, 3.63) is 83.3 Å². The minimum atomic E-state index is 1.03. The molecular weight excluding hydrogens is 192 g/mol. The molecule has 0 aromatic heterocycles. The van der Waals surface area contributed by atoms with Crippen LogP contribution in [0.1, 0.15) is 23.1 Å². The maximum atomic E-state index is 2.24. The third kappa shape index (κ3) is 1.57. The molecule has 0 bridgehead atoms. The van der Waals surface area contributed by atoms with E-state index in [4.69, 9.17) is 0 Å². The zero-order valence-electron chi connectivity index (χ0n) is 9.06. The van der Waals surface area contributed by atoms with E-state index < -0.39 is 0 Å². The van der Waals surface area contributed by atoms with Crippen LogP contribution in [0.15, 0.2) is 60.7 Å². The Kier molecular flexibility index (Phi) is 2.34. The van der Waals surface area contributed by atoms with Crippen molar-refractivity contribution in [1.82, 2.24) is 0 Å². The molecule has 1 aliphatic rings. The molecule has 0 atom stereocenters. The van der Waals surface area contributed by atoms with Crippen LogP contribution in [0.3, 0.4) is 0 Å². The van der Waals surface area contributed by atoms with Crippen LogP contribution in [0.4, 0.5) is 0 Å². The zero-order valence-corrected chi connectivity index (χ0v) is 9.06. The first kappa shape index (κ1) is 9.41. The summed E-state index contributed by atoms with van der Waals surface area (Å²) < 4.78 is 0. The zero-order chi connectivity index (χ0) is 10.8. The van der Waals surface area contributed by atoms with Crippen molar-refractivity contribution in [1.29, 1.82) is 0 Å². The molecule has 2 aromatic rings. The SMILES string of the molecule is C1=Cc2ccccc2[C](c2ccccc2)C1. The van der Waals surface area contributed by atoms with E-state index in [9.17, 15) is 0 Å². The monoisotopic (exact) mass is 205 g/mol. The Morgan fingerprint density at radius 1 is 0.750 bits per heavy atom. The smallest absolute Gasteiger partial charge is 0.0383 e. The summed E-state index contributed by atoms with van der Waals surface area (Å²) in [6, 6.07) is 19.2. The van der Waals surface area contributed by atoms with Gasteiger partial charge in [0.2, 0.25) is 0 Å². The van der Waals surface area contributed by atoms with Crippen LogP contribution >= 0.6 is 0 Å². The number of allylic oxidation sites excluding steroid dienone is 1. The fourth-order valence-corrected chi connectivity index (χ4v) is 2.24.